The molecule has 15 heavy (non-hydrogen) atoms. The summed E-state index contributed by atoms with van der Waals surface area (Å²) in [4.78, 5) is 0. The van der Waals surface area contributed by atoms with Gasteiger partial charge in [-0.1, -0.05) is 31.6 Å². The molecule has 0 aromatic heterocycles. The Balaban J connectivity index is 3.15. The molecule has 0 bridgehead atoms. The van der Waals surface area contributed by atoms with Crippen LogP contribution in [0.5, 0.6) is 0 Å². The third kappa shape index (κ3) is 2.71. The molecule has 0 amide bonds. The van der Waals surface area contributed by atoms with Crippen molar-refractivity contribution in [3.63, 3.8) is 0 Å². The Morgan fingerprint density at radius 2 is 1.53 bits per heavy atom. The van der Waals surface area contributed by atoms with Crippen LogP contribution in [0, 0.1) is 27.7 Å². The highest BCUT2D eigenvalue weighted by Crippen LogP contribution is 2.22. The molecule has 0 heterocycles. The van der Waals surface area contributed by atoms with Crippen molar-refractivity contribution >= 4 is 6.08 Å². The second kappa shape index (κ2) is 5.16. The number of hydrogen-bond donors (Lipinski definition) is 0. The molecule has 0 unspecified atom stereocenters. The summed E-state index contributed by atoms with van der Waals surface area (Å²) in [6.45, 7) is 11.0. The standard InChI is InChI=1S/C15H22/c1-6-7-8-9-15-13(4)11(2)10-12(3)14(15)5/h8-10H,6-7H2,1-5H3. The number of hydrogen-bond acceptors (Lipinski definition) is 0. The normalized spacial score (nSPS) is 11.3. The molecule has 0 atom stereocenters. The summed E-state index contributed by atoms with van der Waals surface area (Å²) in [5, 5.41) is 0. The van der Waals surface area contributed by atoms with Crippen LogP contribution in [0.1, 0.15) is 47.6 Å². The summed E-state index contributed by atoms with van der Waals surface area (Å²) in [6, 6.07) is 2.28. The summed E-state index contributed by atoms with van der Waals surface area (Å²) in [5.74, 6) is 0. The number of rotatable bonds is 3. The van der Waals surface area contributed by atoms with E-state index in [2.05, 4.69) is 52.8 Å². The second-order valence-corrected chi connectivity index (χ2v) is 4.37. The van der Waals surface area contributed by atoms with Gasteiger partial charge < -0.3 is 0 Å². The molecule has 0 saturated carbocycles. The largest absolute Gasteiger partial charge is 0.0839 e. The lowest BCUT2D eigenvalue weighted by Crippen LogP contribution is -1.94. The van der Waals surface area contributed by atoms with Gasteiger partial charge in [0, 0.05) is 0 Å². The van der Waals surface area contributed by atoms with E-state index in [0.29, 0.717) is 0 Å². The van der Waals surface area contributed by atoms with Crippen molar-refractivity contribution in [2.45, 2.75) is 47.5 Å². The van der Waals surface area contributed by atoms with Crippen LogP contribution in [-0.2, 0) is 0 Å². The summed E-state index contributed by atoms with van der Waals surface area (Å²) in [7, 11) is 0. The Bertz CT molecular complexity index is 344. The molecule has 0 heteroatoms. The van der Waals surface area contributed by atoms with E-state index in [4.69, 9.17) is 0 Å². The van der Waals surface area contributed by atoms with Crippen LogP contribution in [0.3, 0.4) is 0 Å². The van der Waals surface area contributed by atoms with E-state index in [-0.39, 0.29) is 0 Å². The number of unbranched alkanes of at least 4 members (excludes halogenated alkanes) is 1. The number of allylic oxidation sites excluding steroid dienone is 1. The fourth-order valence-corrected chi connectivity index (χ4v) is 1.87. The highest BCUT2D eigenvalue weighted by Gasteiger charge is 2.04. The Labute approximate surface area is 94.0 Å². The van der Waals surface area contributed by atoms with E-state index in [1.54, 1.807) is 0 Å². The average molecular weight is 202 g/mol. The van der Waals surface area contributed by atoms with Crippen LogP contribution >= 0.6 is 0 Å². The molecule has 1 rings (SSSR count). The van der Waals surface area contributed by atoms with Crippen molar-refractivity contribution in [3.05, 3.63) is 40.0 Å². The van der Waals surface area contributed by atoms with Gasteiger partial charge in [0.2, 0.25) is 0 Å². The zero-order chi connectivity index (χ0) is 11.4. The Hall–Kier alpha value is -1.04. The quantitative estimate of drug-likeness (QED) is 0.664. The van der Waals surface area contributed by atoms with Crippen molar-refractivity contribution in [1.82, 2.24) is 0 Å². The molecule has 1 aromatic rings. The minimum absolute atomic E-state index is 1.17. The molecule has 1 aromatic carbocycles. The first-order valence-corrected chi connectivity index (χ1v) is 5.81. The minimum atomic E-state index is 1.17. The minimum Gasteiger partial charge on any atom is -0.0839 e. The molecular weight excluding hydrogens is 180 g/mol. The number of aryl methyl sites for hydroxylation is 2. The van der Waals surface area contributed by atoms with Crippen molar-refractivity contribution in [2.75, 3.05) is 0 Å². The van der Waals surface area contributed by atoms with Gasteiger partial charge >= 0.3 is 0 Å². The molecule has 0 radical (unpaired) electrons. The fourth-order valence-electron chi connectivity index (χ4n) is 1.87. The van der Waals surface area contributed by atoms with Gasteiger partial charge in [0.25, 0.3) is 0 Å². The molecule has 0 aliphatic carbocycles. The van der Waals surface area contributed by atoms with E-state index in [1.165, 1.54) is 40.7 Å². The van der Waals surface area contributed by atoms with Crippen LogP contribution in [0.4, 0.5) is 0 Å². The SMILES string of the molecule is CCCC=Cc1c(C)c(C)cc(C)c1C. The lowest BCUT2D eigenvalue weighted by molar-refractivity contribution is 0.962. The van der Waals surface area contributed by atoms with Crippen LogP contribution in [-0.4, -0.2) is 0 Å². The maximum absolute atomic E-state index is 2.29. The summed E-state index contributed by atoms with van der Waals surface area (Å²) < 4.78 is 0. The molecule has 0 nitrogen and oxygen atoms in total. The maximum Gasteiger partial charge on any atom is -0.0196 e. The van der Waals surface area contributed by atoms with Gasteiger partial charge in [-0.25, -0.2) is 0 Å². The van der Waals surface area contributed by atoms with Gasteiger partial charge in [0.1, 0.15) is 0 Å². The van der Waals surface area contributed by atoms with Gasteiger partial charge in [-0.2, -0.15) is 0 Å². The van der Waals surface area contributed by atoms with E-state index in [9.17, 15) is 0 Å². The highest BCUT2D eigenvalue weighted by atomic mass is 14.1. The van der Waals surface area contributed by atoms with E-state index < -0.39 is 0 Å². The van der Waals surface area contributed by atoms with Gasteiger partial charge in [-0.15, -0.1) is 0 Å². The van der Waals surface area contributed by atoms with Gasteiger partial charge in [-0.3, -0.25) is 0 Å². The molecule has 82 valence electrons. The Kier molecular flexibility index (Phi) is 4.14. The lowest BCUT2D eigenvalue weighted by Gasteiger charge is -2.12. The average Bonchev–Trinajstić information content (AvgIpc) is 2.20. The van der Waals surface area contributed by atoms with Crippen LogP contribution in [0.15, 0.2) is 12.1 Å². The van der Waals surface area contributed by atoms with Crippen molar-refractivity contribution in [1.29, 1.82) is 0 Å². The first kappa shape index (κ1) is 12.0. The smallest absolute Gasteiger partial charge is 0.0196 e. The maximum atomic E-state index is 2.29. The van der Waals surface area contributed by atoms with Crippen molar-refractivity contribution in [3.8, 4) is 0 Å². The zero-order valence-electron chi connectivity index (χ0n) is 10.6. The van der Waals surface area contributed by atoms with E-state index in [1.807, 2.05) is 0 Å². The highest BCUT2D eigenvalue weighted by molar-refractivity contribution is 5.61. The predicted molar refractivity (Wildman–Crippen MR) is 69.3 cm³/mol. The van der Waals surface area contributed by atoms with Gasteiger partial charge in [0.05, 0.1) is 0 Å². The Morgan fingerprint density at radius 3 is 2.00 bits per heavy atom. The molecule has 0 aliphatic heterocycles. The summed E-state index contributed by atoms with van der Waals surface area (Å²) >= 11 is 0. The lowest BCUT2D eigenvalue weighted by atomic mass is 9.94. The second-order valence-electron chi connectivity index (χ2n) is 4.37. The van der Waals surface area contributed by atoms with Crippen molar-refractivity contribution < 1.29 is 0 Å². The van der Waals surface area contributed by atoms with E-state index in [0.717, 1.165) is 0 Å². The molecule has 0 saturated heterocycles. The molecule has 0 N–H and O–H groups in total. The van der Waals surface area contributed by atoms with Crippen LogP contribution in [0.2, 0.25) is 0 Å². The molecular formula is C15H22. The van der Waals surface area contributed by atoms with Gasteiger partial charge in [-0.05, 0) is 61.9 Å². The Morgan fingerprint density at radius 1 is 1.00 bits per heavy atom. The summed E-state index contributed by atoms with van der Waals surface area (Å²) in [6.07, 6.45) is 6.97. The molecule has 0 spiro atoms. The van der Waals surface area contributed by atoms with Crippen molar-refractivity contribution in [2.24, 2.45) is 0 Å². The summed E-state index contributed by atoms with van der Waals surface area (Å²) in [5.41, 5.74) is 7.06. The topological polar surface area (TPSA) is 0 Å². The van der Waals surface area contributed by atoms with Gasteiger partial charge in [0.15, 0.2) is 0 Å². The monoisotopic (exact) mass is 202 g/mol. The first-order chi connectivity index (χ1) is 7.07. The van der Waals surface area contributed by atoms with Crippen LogP contribution < -0.4 is 0 Å². The first-order valence-electron chi connectivity index (χ1n) is 5.81. The third-order valence-electron chi connectivity index (χ3n) is 3.16. The van der Waals surface area contributed by atoms with Crippen LogP contribution in [0.25, 0.3) is 6.08 Å². The number of benzene rings is 1. The predicted octanol–water partition coefficient (Wildman–Crippen LogP) is 4.73. The zero-order valence-corrected chi connectivity index (χ0v) is 10.6. The molecule has 0 fully saturated rings. The van der Waals surface area contributed by atoms with E-state index >= 15 is 0 Å². The fraction of sp³-hybridized carbons (Fsp3) is 0.467. The molecule has 0 aliphatic rings. The third-order valence-corrected chi connectivity index (χ3v) is 3.16.